The molecular formula is C20H21N3O3. The van der Waals surface area contributed by atoms with Crippen molar-refractivity contribution in [3.8, 4) is 0 Å². The fraction of sp³-hybridized carbons (Fsp3) is 0.300. The van der Waals surface area contributed by atoms with E-state index in [2.05, 4.69) is 10.3 Å². The summed E-state index contributed by atoms with van der Waals surface area (Å²) < 4.78 is 0. The van der Waals surface area contributed by atoms with Crippen LogP contribution in [-0.4, -0.2) is 33.6 Å². The van der Waals surface area contributed by atoms with Crippen LogP contribution in [-0.2, 0) is 10.3 Å². The van der Waals surface area contributed by atoms with E-state index in [-0.39, 0.29) is 5.91 Å². The van der Waals surface area contributed by atoms with Crippen LogP contribution in [0.15, 0.2) is 48.7 Å². The summed E-state index contributed by atoms with van der Waals surface area (Å²) in [5.74, 6) is -1.23. The van der Waals surface area contributed by atoms with E-state index in [1.54, 1.807) is 43.5 Å². The monoisotopic (exact) mass is 351 g/mol. The number of nitrogens with zero attached hydrogens (tertiary/aromatic N) is 2. The van der Waals surface area contributed by atoms with Crippen molar-refractivity contribution >= 4 is 17.7 Å². The molecule has 0 radical (unpaired) electrons. The quantitative estimate of drug-likeness (QED) is 0.840. The molecule has 1 atom stereocenters. The molecule has 6 heteroatoms. The van der Waals surface area contributed by atoms with Crippen molar-refractivity contribution in [2.45, 2.75) is 38.8 Å². The number of amides is 3. The lowest BCUT2D eigenvalue weighted by molar-refractivity contribution is -0.126. The molecule has 1 aromatic carbocycles. The van der Waals surface area contributed by atoms with Crippen LogP contribution in [0.4, 0.5) is 0 Å². The van der Waals surface area contributed by atoms with E-state index >= 15 is 0 Å². The smallest absolute Gasteiger partial charge is 0.262 e. The number of aromatic nitrogens is 1. The summed E-state index contributed by atoms with van der Waals surface area (Å²) in [5.41, 5.74) is 0.649. The lowest BCUT2D eigenvalue weighted by atomic mass is 9.98. The normalized spacial score (nSPS) is 15.0. The van der Waals surface area contributed by atoms with E-state index in [1.165, 1.54) is 0 Å². The van der Waals surface area contributed by atoms with Gasteiger partial charge in [0, 0.05) is 6.20 Å². The molecular weight excluding hydrogens is 330 g/mol. The Labute approximate surface area is 152 Å². The molecule has 6 nitrogen and oxygen atoms in total. The van der Waals surface area contributed by atoms with Gasteiger partial charge in [-0.2, -0.15) is 0 Å². The molecule has 26 heavy (non-hydrogen) atoms. The number of hydrogen-bond donors (Lipinski definition) is 1. The van der Waals surface area contributed by atoms with E-state index in [0.29, 0.717) is 23.2 Å². The van der Waals surface area contributed by atoms with Gasteiger partial charge in [0.2, 0.25) is 5.91 Å². The Kier molecular flexibility index (Phi) is 4.59. The Morgan fingerprint density at radius 3 is 2.15 bits per heavy atom. The molecule has 1 N–H and O–H groups in total. The first-order chi connectivity index (χ1) is 12.4. The van der Waals surface area contributed by atoms with Crippen LogP contribution < -0.4 is 5.32 Å². The molecule has 0 spiro atoms. The number of nitrogens with one attached hydrogen (secondary N) is 1. The first-order valence-electron chi connectivity index (χ1n) is 8.57. The van der Waals surface area contributed by atoms with Crippen molar-refractivity contribution in [3.63, 3.8) is 0 Å². The molecule has 0 fully saturated rings. The topological polar surface area (TPSA) is 79.4 Å². The zero-order chi connectivity index (χ0) is 18.9. The van der Waals surface area contributed by atoms with Gasteiger partial charge in [0.25, 0.3) is 11.8 Å². The van der Waals surface area contributed by atoms with Crippen LogP contribution in [0, 0.1) is 0 Å². The molecule has 3 rings (SSSR count). The summed E-state index contributed by atoms with van der Waals surface area (Å²) >= 11 is 0. The molecule has 2 heterocycles. The van der Waals surface area contributed by atoms with Gasteiger partial charge in [0.1, 0.15) is 6.04 Å². The summed E-state index contributed by atoms with van der Waals surface area (Å²) in [4.78, 5) is 43.6. The van der Waals surface area contributed by atoms with Gasteiger partial charge in [0.15, 0.2) is 0 Å². The van der Waals surface area contributed by atoms with Crippen LogP contribution in [0.25, 0.3) is 0 Å². The average Bonchev–Trinajstić information content (AvgIpc) is 2.88. The summed E-state index contributed by atoms with van der Waals surface area (Å²) in [6, 6.07) is 11.2. The van der Waals surface area contributed by atoms with Gasteiger partial charge in [0.05, 0.1) is 22.4 Å². The maximum Gasteiger partial charge on any atom is 0.262 e. The van der Waals surface area contributed by atoms with Gasteiger partial charge in [-0.25, -0.2) is 0 Å². The van der Waals surface area contributed by atoms with Gasteiger partial charge in [-0.05, 0) is 44.5 Å². The third-order valence-corrected chi connectivity index (χ3v) is 4.57. The maximum atomic E-state index is 12.9. The highest BCUT2D eigenvalue weighted by Crippen LogP contribution is 2.26. The SMILES string of the molecule is CC[C@@H](C(=O)NC(C)(C)c1ccccn1)N1C(=O)c2ccccc2C1=O. The minimum Gasteiger partial charge on any atom is -0.344 e. The van der Waals surface area contributed by atoms with Crippen molar-refractivity contribution in [1.82, 2.24) is 15.2 Å². The summed E-state index contributed by atoms with van der Waals surface area (Å²) in [6.45, 7) is 5.45. The van der Waals surface area contributed by atoms with Crippen molar-refractivity contribution in [2.75, 3.05) is 0 Å². The van der Waals surface area contributed by atoms with Crippen LogP contribution in [0.5, 0.6) is 0 Å². The number of pyridine rings is 1. The van der Waals surface area contributed by atoms with Crippen molar-refractivity contribution < 1.29 is 14.4 Å². The van der Waals surface area contributed by atoms with Crippen LogP contribution in [0.1, 0.15) is 53.6 Å². The van der Waals surface area contributed by atoms with Gasteiger partial charge < -0.3 is 5.32 Å². The Morgan fingerprint density at radius 1 is 1.08 bits per heavy atom. The molecule has 0 saturated carbocycles. The first-order valence-corrected chi connectivity index (χ1v) is 8.57. The Hall–Kier alpha value is -3.02. The second kappa shape index (κ2) is 6.71. The van der Waals surface area contributed by atoms with Crippen molar-refractivity contribution in [1.29, 1.82) is 0 Å². The number of rotatable bonds is 5. The first kappa shape index (κ1) is 17.8. The Balaban J connectivity index is 1.85. The van der Waals surface area contributed by atoms with Crippen molar-refractivity contribution in [3.05, 3.63) is 65.5 Å². The molecule has 0 aliphatic carbocycles. The van der Waals surface area contributed by atoms with Crippen LogP contribution >= 0.6 is 0 Å². The van der Waals surface area contributed by atoms with Gasteiger partial charge in [-0.3, -0.25) is 24.3 Å². The standard InChI is InChI=1S/C20H21N3O3/c1-4-15(17(24)22-20(2,3)16-11-7-8-12-21-16)23-18(25)13-9-5-6-10-14(13)19(23)26/h5-12,15H,4H2,1-3H3,(H,22,24)/t15-/m0/s1. The maximum absolute atomic E-state index is 12.9. The molecule has 0 unspecified atom stereocenters. The molecule has 0 bridgehead atoms. The zero-order valence-corrected chi connectivity index (χ0v) is 15.0. The Bertz CT molecular complexity index is 827. The van der Waals surface area contributed by atoms with E-state index in [4.69, 9.17) is 0 Å². The Morgan fingerprint density at radius 2 is 1.65 bits per heavy atom. The van der Waals surface area contributed by atoms with E-state index < -0.39 is 23.4 Å². The fourth-order valence-corrected chi connectivity index (χ4v) is 3.16. The second-order valence-corrected chi connectivity index (χ2v) is 6.78. The molecule has 1 aliphatic heterocycles. The largest absolute Gasteiger partial charge is 0.344 e. The molecule has 0 saturated heterocycles. The lowest BCUT2D eigenvalue weighted by Gasteiger charge is -2.31. The van der Waals surface area contributed by atoms with Gasteiger partial charge in [-0.15, -0.1) is 0 Å². The number of imide groups is 1. The van der Waals surface area contributed by atoms with Crippen LogP contribution in [0.2, 0.25) is 0 Å². The predicted octanol–water partition coefficient (Wildman–Crippen LogP) is 2.51. The average molecular weight is 351 g/mol. The van der Waals surface area contributed by atoms with Crippen LogP contribution in [0.3, 0.4) is 0 Å². The molecule has 3 amide bonds. The number of carbonyl (C=O) groups excluding carboxylic acids is 3. The van der Waals surface area contributed by atoms with E-state index in [1.807, 2.05) is 26.0 Å². The zero-order valence-electron chi connectivity index (χ0n) is 15.0. The van der Waals surface area contributed by atoms with E-state index in [0.717, 1.165) is 4.90 Å². The fourth-order valence-electron chi connectivity index (χ4n) is 3.16. The minimum atomic E-state index is -0.870. The van der Waals surface area contributed by atoms with Crippen molar-refractivity contribution in [2.24, 2.45) is 0 Å². The minimum absolute atomic E-state index is 0.329. The molecule has 1 aromatic heterocycles. The number of fused-ring (bicyclic) bond motifs is 1. The van der Waals surface area contributed by atoms with Gasteiger partial charge >= 0.3 is 0 Å². The third kappa shape index (κ3) is 2.98. The summed E-state index contributed by atoms with van der Waals surface area (Å²) in [6.07, 6.45) is 1.99. The highest BCUT2D eigenvalue weighted by atomic mass is 16.2. The lowest BCUT2D eigenvalue weighted by Crippen LogP contribution is -2.53. The van der Waals surface area contributed by atoms with E-state index in [9.17, 15) is 14.4 Å². The predicted molar refractivity (Wildman–Crippen MR) is 96.4 cm³/mol. The highest BCUT2D eigenvalue weighted by molar-refractivity contribution is 6.22. The number of hydrogen-bond acceptors (Lipinski definition) is 4. The van der Waals surface area contributed by atoms with Gasteiger partial charge in [-0.1, -0.05) is 25.1 Å². The summed E-state index contributed by atoms with van der Waals surface area (Å²) in [5, 5.41) is 2.92. The number of carbonyl (C=O) groups is 3. The second-order valence-electron chi connectivity index (χ2n) is 6.78. The third-order valence-electron chi connectivity index (χ3n) is 4.57. The highest BCUT2D eigenvalue weighted by Gasteiger charge is 2.42. The summed E-state index contributed by atoms with van der Waals surface area (Å²) in [7, 11) is 0. The molecule has 134 valence electrons. The molecule has 2 aromatic rings. The number of benzene rings is 1. The molecule has 1 aliphatic rings.